The minimum Gasteiger partial charge on any atom is -0.458 e. The van der Waals surface area contributed by atoms with E-state index in [-0.39, 0.29) is 30.8 Å². The molecule has 2 rings (SSSR count). The summed E-state index contributed by atoms with van der Waals surface area (Å²) in [6.07, 6.45) is 1.74. The number of methoxy groups -OCH3 is 1. The molecule has 6 nitrogen and oxygen atoms in total. The van der Waals surface area contributed by atoms with Crippen LogP contribution in [0.25, 0.3) is 0 Å². The summed E-state index contributed by atoms with van der Waals surface area (Å²) in [5.74, 6) is -2.63. The molecule has 142 valence electrons. The van der Waals surface area contributed by atoms with Gasteiger partial charge in [0.1, 0.15) is 6.10 Å². The van der Waals surface area contributed by atoms with E-state index in [1.807, 2.05) is 26.8 Å². The van der Waals surface area contributed by atoms with Crippen LogP contribution in [0.2, 0.25) is 0 Å². The molecule has 0 spiro atoms. The van der Waals surface area contributed by atoms with Crippen molar-refractivity contribution in [1.29, 1.82) is 0 Å². The molecule has 6 heteroatoms. The SMILES string of the molecule is C=C[C@H]1C/C(C)=C/[C@@H](OC)[C@@H](C)[C@@H]2O[C@](O)(CC(=O)O1)C[C@H](O)[C@H]2C. The van der Waals surface area contributed by atoms with E-state index >= 15 is 0 Å². The van der Waals surface area contributed by atoms with Gasteiger partial charge in [0.2, 0.25) is 0 Å². The normalized spacial score (nSPS) is 45.4. The van der Waals surface area contributed by atoms with Crippen molar-refractivity contribution in [2.45, 2.75) is 70.2 Å². The first kappa shape index (κ1) is 20.1. The summed E-state index contributed by atoms with van der Waals surface area (Å²) in [6.45, 7) is 9.50. The number of esters is 1. The molecule has 0 aromatic carbocycles. The van der Waals surface area contributed by atoms with Crippen molar-refractivity contribution in [1.82, 2.24) is 0 Å². The van der Waals surface area contributed by atoms with Crippen LogP contribution in [-0.4, -0.2) is 53.5 Å². The van der Waals surface area contributed by atoms with Gasteiger partial charge in [0.05, 0.1) is 24.7 Å². The van der Waals surface area contributed by atoms with Crippen molar-refractivity contribution >= 4 is 5.97 Å². The highest BCUT2D eigenvalue weighted by atomic mass is 16.6. The monoisotopic (exact) mass is 354 g/mol. The predicted octanol–water partition coefficient (Wildman–Crippen LogP) is 1.95. The van der Waals surface area contributed by atoms with Crippen LogP contribution in [0.1, 0.15) is 40.0 Å². The number of carbonyl (C=O) groups excluding carboxylic acids is 1. The second-order valence-electron chi connectivity index (χ2n) is 7.38. The lowest BCUT2D eigenvalue weighted by molar-refractivity contribution is -0.301. The van der Waals surface area contributed by atoms with Crippen molar-refractivity contribution < 1.29 is 29.2 Å². The first-order chi connectivity index (χ1) is 11.7. The van der Waals surface area contributed by atoms with Gasteiger partial charge >= 0.3 is 5.97 Å². The smallest absolute Gasteiger partial charge is 0.311 e. The fraction of sp³-hybridized carbons (Fsp3) is 0.737. The Morgan fingerprint density at radius 1 is 1.40 bits per heavy atom. The van der Waals surface area contributed by atoms with Crippen LogP contribution in [-0.2, 0) is 19.0 Å². The maximum Gasteiger partial charge on any atom is 0.311 e. The highest BCUT2D eigenvalue weighted by Gasteiger charge is 2.48. The van der Waals surface area contributed by atoms with Gasteiger partial charge < -0.3 is 24.4 Å². The van der Waals surface area contributed by atoms with Crippen molar-refractivity contribution in [2.75, 3.05) is 7.11 Å². The molecule has 0 saturated carbocycles. The summed E-state index contributed by atoms with van der Waals surface area (Å²) in [5, 5.41) is 21.2. The Hall–Kier alpha value is -1.21. The van der Waals surface area contributed by atoms with Gasteiger partial charge in [0, 0.05) is 31.8 Å². The largest absolute Gasteiger partial charge is 0.458 e. The summed E-state index contributed by atoms with van der Waals surface area (Å²) in [7, 11) is 1.62. The number of cyclic esters (lactones) is 1. The van der Waals surface area contributed by atoms with Crippen molar-refractivity contribution in [3.8, 4) is 0 Å². The number of rotatable bonds is 2. The van der Waals surface area contributed by atoms with E-state index in [4.69, 9.17) is 14.2 Å². The van der Waals surface area contributed by atoms with Crippen molar-refractivity contribution in [3.63, 3.8) is 0 Å². The van der Waals surface area contributed by atoms with E-state index in [0.29, 0.717) is 6.42 Å². The van der Waals surface area contributed by atoms with Crippen molar-refractivity contribution in [2.24, 2.45) is 11.8 Å². The molecular formula is C19H30O6. The number of aliphatic hydroxyl groups is 2. The third kappa shape index (κ3) is 4.70. The lowest BCUT2D eigenvalue weighted by Crippen LogP contribution is -2.55. The summed E-state index contributed by atoms with van der Waals surface area (Å²) in [4.78, 5) is 12.2. The van der Waals surface area contributed by atoms with Gasteiger partial charge in [-0.15, -0.1) is 0 Å². The first-order valence-corrected chi connectivity index (χ1v) is 8.79. The zero-order valence-corrected chi connectivity index (χ0v) is 15.5. The Balaban J connectivity index is 2.41. The lowest BCUT2D eigenvalue weighted by Gasteiger charge is -2.46. The zero-order chi connectivity index (χ0) is 18.8. The summed E-state index contributed by atoms with van der Waals surface area (Å²) in [5.41, 5.74) is 1.01. The molecular weight excluding hydrogens is 324 g/mol. The molecule has 2 aliphatic heterocycles. The number of fused-ring (bicyclic) bond motifs is 2. The van der Waals surface area contributed by atoms with E-state index < -0.39 is 30.1 Å². The fourth-order valence-electron chi connectivity index (χ4n) is 3.74. The molecule has 7 atom stereocenters. The average Bonchev–Trinajstić information content (AvgIpc) is 2.53. The van der Waals surface area contributed by atoms with Crippen LogP contribution in [0.3, 0.4) is 0 Å². The van der Waals surface area contributed by atoms with Gasteiger partial charge in [0.25, 0.3) is 0 Å². The van der Waals surface area contributed by atoms with Gasteiger partial charge in [-0.2, -0.15) is 0 Å². The molecule has 0 amide bonds. The number of hydrogen-bond acceptors (Lipinski definition) is 6. The highest BCUT2D eigenvalue weighted by molar-refractivity contribution is 5.70. The van der Waals surface area contributed by atoms with Gasteiger partial charge in [0.15, 0.2) is 5.79 Å². The molecule has 2 aliphatic rings. The Morgan fingerprint density at radius 3 is 2.68 bits per heavy atom. The highest BCUT2D eigenvalue weighted by Crippen LogP contribution is 2.38. The van der Waals surface area contributed by atoms with Gasteiger partial charge in [-0.1, -0.05) is 38.2 Å². The molecule has 0 aliphatic carbocycles. The fourth-order valence-corrected chi connectivity index (χ4v) is 3.74. The maximum atomic E-state index is 12.2. The Bertz CT molecular complexity index is 530. The maximum absolute atomic E-state index is 12.2. The standard InChI is InChI=1S/C19H30O6/c1-6-14-7-11(2)8-16(23-5)13(4)18-12(3)15(20)9-19(22,25-18)10-17(21)24-14/h6,8,12-16,18,20,22H,1,7,9-10H2,2-5H3/b11-8+/t12-,13-,14+,15+,16-,18-,19+/m1/s1. The summed E-state index contributed by atoms with van der Waals surface area (Å²) < 4.78 is 16.9. The summed E-state index contributed by atoms with van der Waals surface area (Å²) in [6, 6.07) is 0. The van der Waals surface area contributed by atoms with E-state index in [9.17, 15) is 15.0 Å². The van der Waals surface area contributed by atoms with Crippen LogP contribution in [0.4, 0.5) is 0 Å². The number of hydrogen-bond donors (Lipinski definition) is 2. The predicted molar refractivity (Wildman–Crippen MR) is 92.6 cm³/mol. The second kappa shape index (κ2) is 7.99. The Labute approximate surface area is 149 Å². The third-order valence-electron chi connectivity index (χ3n) is 5.26. The molecule has 2 heterocycles. The van der Waals surface area contributed by atoms with Crippen LogP contribution >= 0.6 is 0 Å². The van der Waals surface area contributed by atoms with Crippen LogP contribution < -0.4 is 0 Å². The molecule has 0 aromatic heterocycles. The molecule has 0 aromatic rings. The van der Waals surface area contributed by atoms with Gasteiger partial charge in [-0.3, -0.25) is 4.79 Å². The molecule has 2 bridgehead atoms. The second-order valence-corrected chi connectivity index (χ2v) is 7.38. The topological polar surface area (TPSA) is 85.2 Å². The zero-order valence-electron chi connectivity index (χ0n) is 15.5. The van der Waals surface area contributed by atoms with Crippen molar-refractivity contribution in [3.05, 3.63) is 24.3 Å². The summed E-state index contributed by atoms with van der Waals surface area (Å²) >= 11 is 0. The van der Waals surface area contributed by atoms with E-state index in [2.05, 4.69) is 6.58 Å². The van der Waals surface area contributed by atoms with Crippen LogP contribution in [0.15, 0.2) is 24.3 Å². The number of ether oxygens (including phenoxy) is 3. The minimum absolute atomic E-state index is 0.0300. The number of carbonyl (C=O) groups is 1. The van der Waals surface area contributed by atoms with Crippen LogP contribution in [0, 0.1) is 11.8 Å². The lowest BCUT2D eigenvalue weighted by atomic mass is 9.80. The van der Waals surface area contributed by atoms with E-state index in [1.54, 1.807) is 13.2 Å². The first-order valence-electron chi connectivity index (χ1n) is 8.79. The average molecular weight is 354 g/mol. The molecule has 2 N–H and O–H groups in total. The molecule has 1 saturated heterocycles. The van der Waals surface area contributed by atoms with Gasteiger partial charge in [-0.05, 0) is 6.92 Å². The Kier molecular flexibility index (Phi) is 6.43. The van der Waals surface area contributed by atoms with E-state index in [1.165, 1.54) is 0 Å². The molecule has 1 fully saturated rings. The molecule has 25 heavy (non-hydrogen) atoms. The molecule has 0 radical (unpaired) electrons. The minimum atomic E-state index is -1.75. The Morgan fingerprint density at radius 2 is 2.08 bits per heavy atom. The number of aliphatic hydroxyl groups excluding tert-OH is 1. The van der Waals surface area contributed by atoms with Gasteiger partial charge in [-0.25, -0.2) is 0 Å². The van der Waals surface area contributed by atoms with E-state index in [0.717, 1.165) is 5.57 Å². The quantitative estimate of drug-likeness (QED) is 0.582. The third-order valence-corrected chi connectivity index (χ3v) is 5.26. The van der Waals surface area contributed by atoms with Crippen LogP contribution in [0.5, 0.6) is 0 Å². The molecule has 0 unspecified atom stereocenters.